The van der Waals surface area contributed by atoms with Crippen LogP contribution in [0.1, 0.15) is 32.4 Å². The monoisotopic (exact) mass is 386 g/mol. The van der Waals surface area contributed by atoms with Gasteiger partial charge in [-0.15, -0.1) is 0 Å². The fourth-order valence-electron chi connectivity index (χ4n) is 3.78. The van der Waals surface area contributed by atoms with Crippen molar-refractivity contribution in [3.63, 3.8) is 0 Å². The van der Waals surface area contributed by atoms with Crippen LogP contribution < -0.4 is 15.0 Å². The summed E-state index contributed by atoms with van der Waals surface area (Å²) in [5.74, 6) is 0.267. The molecule has 6 nitrogen and oxygen atoms in total. The van der Waals surface area contributed by atoms with Gasteiger partial charge in [0.05, 0.1) is 13.2 Å². The maximum Gasteiger partial charge on any atom is 0.318 e. The molecule has 1 aliphatic rings. The molecule has 0 saturated carbocycles. The van der Waals surface area contributed by atoms with Gasteiger partial charge in [-0.05, 0) is 44.5 Å². The van der Waals surface area contributed by atoms with Crippen LogP contribution in [0, 0.1) is 5.95 Å². The van der Waals surface area contributed by atoms with Crippen LogP contribution in [0.3, 0.4) is 0 Å². The molecule has 3 atom stereocenters. The van der Waals surface area contributed by atoms with E-state index in [2.05, 4.69) is 15.2 Å². The Balaban J connectivity index is 1.67. The molecule has 7 heteroatoms. The number of methoxy groups -OCH3 is 1. The zero-order chi connectivity index (χ0) is 20.3. The van der Waals surface area contributed by atoms with Gasteiger partial charge in [0.1, 0.15) is 5.75 Å². The summed E-state index contributed by atoms with van der Waals surface area (Å²) >= 11 is 0. The number of ether oxygens (including phenoxy) is 1. The number of anilines is 1. The number of halogens is 1. The van der Waals surface area contributed by atoms with Crippen molar-refractivity contribution in [2.24, 2.45) is 0 Å². The van der Waals surface area contributed by atoms with E-state index in [-0.39, 0.29) is 24.2 Å². The van der Waals surface area contributed by atoms with Crippen molar-refractivity contribution in [3.05, 3.63) is 54.1 Å². The number of nitrogens with one attached hydrogen (secondary N) is 1. The number of urea groups is 1. The molecular weight excluding hydrogens is 359 g/mol. The summed E-state index contributed by atoms with van der Waals surface area (Å²) in [4.78, 5) is 20.5. The molecule has 2 aromatic rings. The molecular formula is C21H27FN4O2. The van der Waals surface area contributed by atoms with Crippen molar-refractivity contribution in [1.82, 2.24) is 15.2 Å². The van der Waals surface area contributed by atoms with E-state index in [0.29, 0.717) is 13.1 Å². The Morgan fingerprint density at radius 1 is 1.25 bits per heavy atom. The quantitative estimate of drug-likeness (QED) is 0.816. The molecule has 1 N–H and O–H groups in total. The number of rotatable bonds is 4. The second-order valence-corrected chi connectivity index (χ2v) is 7.29. The van der Waals surface area contributed by atoms with Crippen LogP contribution in [-0.2, 0) is 0 Å². The molecule has 1 aliphatic heterocycles. The van der Waals surface area contributed by atoms with Gasteiger partial charge < -0.3 is 19.9 Å². The van der Waals surface area contributed by atoms with Crippen molar-refractivity contribution in [3.8, 4) is 5.75 Å². The number of carbonyl (C=O) groups excluding carboxylic acids is 1. The number of piperazine rings is 1. The van der Waals surface area contributed by atoms with Gasteiger partial charge in [-0.25, -0.2) is 9.78 Å². The van der Waals surface area contributed by atoms with E-state index in [1.54, 1.807) is 13.2 Å². The maximum absolute atomic E-state index is 13.5. The number of aromatic nitrogens is 1. The van der Waals surface area contributed by atoms with E-state index >= 15 is 0 Å². The fraction of sp³-hybridized carbons (Fsp3) is 0.429. The lowest BCUT2D eigenvalue weighted by molar-refractivity contribution is 0.139. The van der Waals surface area contributed by atoms with Crippen LogP contribution in [0.5, 0.6) is 5.75 Å². The number of hydrogen-bond acceptors (Lipinski definition) is 4. The first kappa shape index (κ1) is 19.9. The Bertz CT molecular complexity index is 820. The summed E-state index contributed by atoms with van der Waals surface area (Å²) in [5.41, 5.74) is 1.77. The first-order chi connectivity index (χ1) is 13.4. The Kier molecular flexibility index (Phi) is 6.02. The minimum atomic E-state index is -0.495. The van der Waals surface area contributed by atoms with E-state index in [9.17, 15) is 9.18 Å². The van der Waals surface area contributed by atoms with Crippen molar-refractivity contribution >= 4 is 11.7 Å². The lowest BCUT2D eigenvalue weighted by Gasteiger charge is -2.45. The molecule has 1 aromatic carbocycles. The Morgan fingerprint density at radius 3 is 2.61 bits per heavy atom. The molecule has 1 saturated heterocycles. The molecule has 150 valence electrons. The van der Waals surface area contributed by atoms with Crippen molar-refractivity contribution in [2.45, 2.75) is 38.9 Å². The van der Waals surface area contributed by atoms with Crippen LogP contribution in [0.2, 0.25) is 0 Å². The van der Waals surface area contributed by atoms with Crippen LogP contribution in [0.25, 0.3) is 0 Å². The number of benzene rings is 1. The lowest BCUT2D eigenvalue weighted by Crippen LogP contribution is -2.61. The van der Waals surface area contributed by atoms with Crippen LogP contribution in [-0.4, -0.2) is 48.2 Å². The molecule has 0 radical (unpaired) electrons. The predicted octanol–water partition coefficient (Wildman–Crippen LogP) is 3.60. The van der Waals surface area contributed by atoms with Crippen molar-refractivity contribution < 1.29 is 13.9 Å². The molecule has 0 bridgehead atoms. The predicted molar refractivity (Wildman–Crippen MR) is 107 cm³/mol. The molecule has 28 heavy (non-hydrogen) atoms. The molecule has 0 unspecified atom stereocenters. The van der Waals surface area contributed by atoms with Gasteiger partial charge in [0.2, 0.25) is 5.95 Å². The van der Waals surface area contributed by atoms with Gasteiger partial charge in [-0.1, -0.05) is 12.1 Å². The molecule has 2 heterocycles. The summed E-state index contributed by atoms with van der Waals surface area (Å²) in [6, 6.07) is 10.6. The van der Waals surface area contributed by atoms with E-state index in [1.165, 1.54) is 12.3 Å². The van der Waals surface area contributed by atoms with Crippen LogP contribution >= 0.6 is 0 Å². The largest absolute Gasteiger partial charge is 0.497 e. The standard InChI is InChI=1S/C21H27FN4O2/c1-14-12-25(18-8-9-23-20(22)11-18)13-15(2)26(14)21(27)24-16(3)17-6-5-7-19(10-17)28-4/h5-11,14-16H,12-13H2,1-4H3,(H,24,27)/t14-,15-,16-/m1/s1. The normalized spacial score (nSPS) is 20.6. The number of hydrogen-bond donors (Lipinski definition) is 1. The van der Waals surface area contributed by atoms with E-state index in [4.69, 9.17) is 4.74 Å². The zero-order valence-corrected chi connectivity index (χ0v) is 16.7. The topological polar surface area (TPSA) is 57.7 Å². The highest BCUT2D eigenvalue weighted by Gasteiger charge is 2.33. The second kappa shape index (κ2) is 8.46. The third kappa shape index (κ3) is 4.35. The summed E-state index contributed by atoms with van der Waals surface area (Å²) in [7, 11) is 1.62. The summed E-state index contributed by atoms with van der Waals surface area (Å²) < 4.78 is 18.7. The molecule has 3 rings (SSSR count). The van der Waals surface area contributed by atoms with Crippen molar-refractivity contribution in [2.75, 3.05) is 25.1 Å². The summed E-state index contributed by atoms with van der Waals surface area (Å²) in [5, 5.41) is 3.08. The first-order valence-electron chi connectivity index (χ1n) is 9.48. The fourth-order valence-corrected chi connectivity index (χ4v) is 3.78. The number of pyridine rings is 1. The molecule has 0 spiro atoms. The second-order valence-electron chi connectivity index (χ2n) is 7.29. The van der Waals surface area contributed by atoms with E-state index < -0.39 is 5.95 Å². The summed E-state index contributed by atoms with van der Waals surface area (Å²) in [6.45, 7) is 7.24. The molecule has 2 amide bonds. The first-order valence-corrected chi connectivity index (χ1v) is 9.48. The van der Waals surface area contributed by atoms with Crippen LogP contribution in [0.15, 0.2) is 42.6 Å². The third-order valence-electron chi connectivity index (χ3n) is 5.16. The minimum Gasteiger partial charge on any atom is -0.497 e. The average molecular weight is 386 g/mol. The highest BCUT2D eigenvalue weighted by Crippen LogP contribution is 2.24. The number of carbonyl (C=O) groups is 1. The van der Waals surface area contributed by atoms with Gasteiger partial charge >= 0.3 is 6.03 Å². The molecule has 1 aromatic heterocycles. The van der Waals surface area contributed by atoms with Crippen LogP contribution in [0.4, 0.5) is 14.9 Å². The highest BCUT2D eigenvalue weighted by molar-refractivity contribution is 5.76. The number of nitrogens with zero attached hydrogens (tertiary/aromatic N) is 3. The lowest BCUT2D eigenvalue weighted by atomic mass is 10.1. The zero-order valence-electron chi connectivity index (χ0n) is 16.7. The maximum atomic E-state index is 13.5. The summed E-state index contributed by atoms with van der Waals surface area (Å²) in [6.07, 6.45) is 1.47. The minimum absolute atomic E-state index is 0.0162. The Hall–Kier alpha value is -2.83. The molecule has 0 aliphatic carbocycles. The van der Waals surface area contributed by atoms with E-state index in [0.717, 1.165) is 17.0 Å². The van der Waals surface area contributed by atoms with Gasteiger partial charge in [-0.2, -0.15) is 4.39 Å². The smallest absolute Gasteiger partial charge is 0.318 e. The highest BCUT2D eigenvalue weighted by atomic mass is 19.1. The van der Waals surface area contributed by atoms with Gasteiger partial charge in [0.15, 0.2) is 0 Å². The van der Waals surface area contributed by atoms with Gasteiger partial charge in [0, 0.05) is 43.1 Å². The Labute approximate surface area is 165 Å². The Morgan fingerprint density at radius 2 is 1.96 bits per heavy atom. The SMILES string of the molecule is COc1cccc([C@@H](C)NC(=O)N2[C@H](C)CN(c3ccnc(F)c3)C[C@H]2C)c1. The van der Waals surface area contributed by atoms with Crippen molar-refractivity contribution in [1.29, 1.82) is 0 Å². The third-order valence-corrected chi connectivity index (χ3v) is 5.16. The van der Waals surface area contributed by atoms with E-state index in [1.807, 2.05) is 49.9 Å². The number of amides is 2. The van der Waals surface area contributed by atoms with Gasteiger partial charge in [-0.3, -0.25) is 0 Å². The average Bonchev–Trinajstić information content (AvgIpc) is 2.67. The van der Waals surface area contributed by atoms with Gasteiger partial charge in [0.25, 0.3) is 0 Å². The molecule has 1 fully saturated rings.